The second-order valence-corrected chi connectivity index (χ2v) is 7.93. The van der Waals surface area contributed by atoms with Crippen LogP contribution in [0.4, 0.5) is 0 Å². The number of methoxy groups -OCH3 is 2. The molecule has 0 radical (unpaired) electrons. The van der Waals surface area contributed by atoms with Crippen LogP contribution in [0.25, 0.3) is 0 Å². The Hall–Kier alpha value is -1.80. The predicted molar refractivity (Wildman–Crippen MR) is 96.7 cm³/mol. The van der Waals surface area contributed by atoms with Gasteiger partial charge in [0.05, 0.1) is 30.4 Å². The first-order valence-electron chi connectivity index (χ1n) is 8.23. The fourth-order valence-corrected chi connectivity index (χ4v) is 3.73. The minimum Gasteiger partial charge on any atom is -0.493 e. The summed E-state index contributed by atoms with van der Waals surface area (Å²) in [6, 6.07) is 4.37. The highest BCUT2D eigenvalue weighted by molar-refractivity contribution is 7.91. The summed E-state index contributed by atoms with van der Waals surface area (Å²) < 4.78 is 35.2. The van der Waals surface area contributed by atoms with Crippen LogP contribution in [0.2, 0.25) is 0 Å². The number of nitrogens with two attached hydrogens (primary N) is 1. The van der Waals surface area contributed by atoms with Crippen molar-refractivity contribution >= 4 is 15.7 Å². The molecule has 1 rings (SSSR count). The van der Waals surface area contributed by atoms with Gasteiger partial charge in [-0.25, -0.2) is 8.42 Å². The van der Waals surface area contributed by atoms with Crippen LogP contribution in [0.5, 0.6) is 11.5 Å². The van der Waals surface area contributed by atoms with Gasteiger partial charge in [0.1, 0.15) is 0 Å². The fraction of sp³-hybridized carbons (Fsp3) is 0.588. The minimum absolute atomic E-state index is 0.0917. The molecule has 0 aliphatic rings. The number of sulfone groups is 1. The standard InChI is InChI=1S/C17H28N2O5S/c1-5-17(6-2,12-18)19-16(20)9-10-25(21,22)13-7-8-14(23-3)15(11-13)24-4/h7-8,11H,5-6,9-10,12,18H2,1-4H3,(H,19,20). The third-order valence-corrected chi connectivity index (χ3v) is 6.17. The topological polar surface area (TPSA) is 108 Å². The zero-order valence-electron chi connectivity index (χ0n) is 15.3. The van der Waals surface area contributed by atoms with Crippen molar-refractivity contribution in [2.75, 3.05) is 26.5 Å². The van der Waals surface area contributed by atoms with Gasteiger partial charge < -0.3 is 20.5 Å². The van der Waals surface area contributed by atoms with E-state index in [4.69, 9.17) is 15.2 Å². The third kappa shape index (κ3) is 5.34. The van der Waals surface area contributed by atoms with E-state index in [0.29, 0.717) is 30.9 Å². The first-order chi connectivity index (χ1) is 11.8. The van der Waals surface area contributed by atoms with E-state index in [1.54, 1.807) is 0 Å². The average molecular weight is 372 g/mol. The molecule has 0 heterocycles. The molecule has 0 fully saturated rings. The van der Waals surface area contributed by atoms with Gasteiger partial charge in [-0.05, 0) is 25.0 Å². The lowest BCUT2D eigenvalue weighted by molar-refractivity contribution is -0.122. The Morgan fingerprint density at radius 3 is 2.24 bits per heavy atom. The summed E-state index contributed by atoms with van der Waals surface area (Å²) in [6.45, 7) is 4.20. The molecular formula is C17H28N2O5S. The molecule has 25 heavy (non-hydrogen) atoms. The Labute approximate surface area is 149 Å². The van der Waals surface area contributed by atoms with Gasteiger partial charge in [-0.2, -0.15) is 0 Å². The Kier molecular flexibility index (Phi) is 7.69. The van der Waals surface area contributed by atoms with E-state index in [2.05, 4.69) is 5.32 Å². The quantitative estimate of drug-likeness (QED) is 0.644. The molecule has 0 unspecified atom stereocenters. The van der Waals surface area contributed by atoms with Crippen molar-refractivity contribution in [1.82, 2.24) is 5.32 Å². The van der Waals surface area contributed by atoms with Gasteiger partial charge in [0, 0.05) is 19.0 Å². The zero-order chi connectivity index (χ0) is 19.1. The van der Waals surface area contributed by atoms with E-state index < -0.39 is 15.4 Å². The molecule has 3 N–H and O–H groups in total. The number of ether oxygens (including phenoxy) is 2. The molecule has 8 heteroatoms. The van der Waals surface area contributed by atoms with Gasteiger partial charge in [0.2, 0.25) is 5.91 Å². The number of benzene rings is 1. The Bertz CT molecular complexity index is 676. The van der Waals surface area contributed by atoms with Crippen LogP contribution in [0, 0.1) is 0 Å². The average Bonchev–Trinajstić information content (AvgIpc) is 2.64. The molecule has 1 aromatic carbocycles. The van der Waals surface area contributed by atoms with E-state index in [-0.39, 0.29) is 23.0 Å². The molecular weight excluding hydrogens is 344 g/mol. The lowest BCUT2D eigenvalue weighted by atomic mass is 9.93. The van der Waals surface area contributed by atoms with Crippen molar-refractivity contribution in [2.24, 2.45) is 5.73 Å². The normalized spacial score (nSPS) is 11.9. The molecule has 142 valence electrons. The smallest absolute Gasteiger partial charge is 0.221 e. The molecule has 1 amide bonds. The van der Waals surface area contributed by atoms with Crippen molar-refractivity contribution in [3.8, 4) is 11.5 Å². The van der Waals surface area contributed by atoms with Crippen LogP contribution in [0.1, 0.15) is 33.1 Å². The summed E-state index contributed by atoms with van der Waals surface area (Å²) in [5.74, 6) is 0.158. The maximum atomic E-state index is 12.5. The van der Waals surface area contributed by atoms with Gasteiger partial charge in [0.25, 0.3) is 0 Å². The number of nitrogens with one attached hydrogen (secondary N) is 1. The van der Waals surface area contributed by atoms with Gasteiger partial charge >= 0.3 is 0 Å². The van der Waals surface area contributed by atoms with Crippen molar-refractivity contribution in [1.29, 1.82) is 0 Å². The lowest BCUT2D eigenvalue weighted by Crippen LogP contribution is -2.53. The summed E-state index contributed by atoms with van der Waals surface area (Å²) >= 11 is 0. The molecule has 0 aliphatic heterocycles. The van der Waals surface area contributed by atoms with Crippen molar-refractivity contribution in [3.05, 3.63) is 18.2 Å². The molecule has 0 saturated carbocycles. The minimum atomic E-state index is -3.62. The summed E-state index contributed by atoms with van der Waals surface area (Å²) in [5.41, 5.74) is 5.27. The maximum Gasteiger partial charge on any atom is 0.221 e. The Morgan fingerprint density at radius 2 is 1.76 bits per heavy atom. The predicted octanol–water partition coefficient (Wildman–Crippen LogP) is 1.50. The van der Waals surface area contributed by atoms with Crippen molar-refractivity contribution < 1.29 is 22.7 Å². The van der Waals surface area contributed by atoms with E-state index in [1.807, 2.05) is 13.8 Å². The largest absolute Gasteiger partial charge is 0.493 e. The van der Waals surface area contributed by atoms with E-state index in [9.17, 15) is 13.2 Å². The van der Waals surface area contributed by atoms with Crippen LogP contribution in [-0.2, 0) is 14.6 Å². The molecule has 0 aromatic heterocycles. The molecule has 0 aliphatic carbocycles. The Balaban J connectivity index is 2.84. The SMILES string of the molecule is CCC(CC)(CN)NC(=O)CCS(=O)(=O)c1ccc(OC)c(OC)c1. The number of carbonyl (C=O) groups excluding carboxylic acids is 1. The monoisotopic (exact) mass is 372 g/mol. The number of rotatable bonds is 10. The van der Waals surface area contributed by atoms with Crippen LogP contribution in [-0.4, -0.2) is 46.4 Å². The second kappa shape index (κ2) is 9.05. The van der Waals surface area contributed by atoms with Gasteiger partial charge in [0.15, 0.2) is 21.3 Å². The van der Waals surface area contributed by atoms with Gasteiger partial charge in [-0.3, -0.25) is 4.79 Å². The van der Waals surface area contributed by atoms with E-state index in [0.717, 1.165) is 0 Å². The summed E-state index contributed by atoms with van der Waals surface area (Å²) in [6.07, 6.45) is 1.25. The lowest BCUT2D eigenvalue weighted by Gasteiger charge is -2.31. The number of carbonyl (C=O) groups is 1. The molecule has 0 saturated heterocycles. The van der Waals surface area contributed by atoms with E-state index >= 15 is 0 Å². The maximum absolute atomic E-state index is 12.5. The number of amides is 1. The molecule has 1 aromatic rings. The van der Waals surface area contributed by atoms with Crippen LogP contribution < -0.4 is 20.5 Å². The molecule has 0 atom stereocenters. The molecule has 7 nitrogen and oxygen atoms in total. The first-order valence-corrected chi connectivity index (χ1v) is 9.88. The molecule has 0 spiro atoms. The summed E-state index contributed by atoms with van der Waals surface area (Å²) in [5, 5.41) is 2.87. The molecule has 0 bridgehead atoms. The highest BCUT2D eigenvalue weighted by Crippen LogP contribution is 2.30. The van der Waals surface area contributed by atoms with Crippen molar-refractivity contribution in [3.63, 3.8) is 0 Å². The zero-order valence-corrected chi connectivity index (χ0v) is 16.1. The van der Waals surface area contributed by atoms with E-state index in [1.165, 1.54) is 32.4 Å². The first kappa shape index (κ1) is 21.2. The highest BCUT2D eigenvalue weighted by Gasteiger charge is 2.27. The van der Waals surface area contributed by atoms with Gasteiger partial charge in [-0.15, -0.1) is 0 Å². The second-order valence-electron chi connectivity index (χ2n) is 5.83. The highest BCUT2D eigenvalue weighted by atomic mass is 32.2. The number of hydrogen-bond donors (Lipinski definition) is 2. The Morgan fingerprint density at radius 1 is 1.16 bits per heavy atom. The van der Waals surface area contributed by atoms with Crippen LogP contribution in [0.15, 0.2) is 23.1 Å². The van der Waals surface area contributed by atoms with Crippen LogP contribution >= 0.6 is 0 Å². The fourth-order valence-electron chi connectivity index (χ4n) is 2.48. The van der Waals surface area contributed by atoms with Crippen LogP contribution in [0.3, 0.4) is 0 Å². The summed E-state index contributed by atoms with van der Waals surface area (Å²) in [7, 11) is -0.708. The summed E-state index contributed by atoms with van der Waals surface area (Å²) in [4.78, 5) is 12.3. The van der Waals surface area contributed by atoms with Gasteiger partial charge in [-0.1, -0.05) is 13.8 Å². The van der Waals surface area contributed by atoms with Crippen molar-refractivity contribution in [2.45, 2.75) is 43.5 Å². The number of hydrogen-bond acceptors (Lipinski definition) is 6. The third-order valence-electron chi connectivity index (χ3n) is 4.46.